The Morgan fingerprint density at radius 2 is 0.639 bits per heavy atom. The molecule has 0 saturated carbocycles. The maximum absolute atomic E-state index is 2.55. The van der Waals surface area contributed by atoms with Gasteiger partial charge in [-0.1, -0.05) is 60.7 Å². The monoisotopic (exact) mass is 977 g/mol. The molecule has 0 spiro atoms. The van der Waals surface area contributed by atoms with Crippen LogP contribution in [0, 0.1) is 0 Å². The molecule has 0 aliphatic rings. The van der Waals surface area contributed by atoms with Crippen molar-refractivity contribution >= 4 is 98.7 Å². The van der Waals surface area contributed by atoms with Gasteiger partial charge in [-0.2, -0.15) is 0 Å². The van der Waals surface area contributed by atoms with Crippen molar-refractivity contribution in [2.24, 2.45) is 0 Å². The average Bonchev–Trinajstić information content (AvgIpc) is 3.99. The number of benzene rings is 13. The third kappa shape index (κ3) is 6.27. The zero-order valence-corrected chi connectivity index (χ0v) is 40.9. The number of fused-ring (bicyclic) bond motifs is 10. The van der Waals surface area contributed by atoms with Gasteiger partial charge in [-0.25, -0.2) is 0 Å². The van der Waals surface area contributed by atoms with Crippen molar-refractivity contribution in [3.05, 3.63) is 261 Å². The Kier molecular flexibility index (Phi) is 9.35. The molecule has 2 heteroatoms. The first-order valence-corrected chi connectivity index (χ1v) is 26.5. The summed E-state index contributed by atoms with van der Waals surface area (Å²) >= 11 is 0.0630. The molecule has 2 aromatic heterocycles. The van der Waals surface area contributed by atoms with Gasteiger partial charge in [0.2, 0.25) is 0 Å². The van der Waals surface area contributed by atoms with Crippen LogP contribution in [0.15, 0.2) is 261 Å². The van der Waals surface area contributed by atoms with Crippen LogP contribution >= 0.6 is 0 Å². The third-order valence-electron chi connectivity index (χ3n) is 15.2. The summed E-state index contributed by atoms with van der Waals surface area (Å²) in [5.74, 6) is 0. The number of nitrogens with zero attached hydrogens (tertiary/aromatic N) is 1. The zero-order chi connectivity index (χ0) is 47.3. The van der Waals surface area contributed by atoms with Gasteiger partial charge < -0.3 is 0 Å². The van der Waals surface area contributed by atoms with Gasteiger partial charge >= 0.3 is 365 Å². The van der Waals surface area contributed by atoms with Crippen molar-refractivity contribution in [3.63, 3.8) is 0 Å². The first-order valence-electron chi connectivity index (χ1n) is 24.8. The van der Waals surface area contributed by atoms with Crippen molar-refractivity contribution < 1.29 is 0 Å². The van der Waals surface area contributed by atoms with Crippen LogP contribution in [-0.2, 0) is 0 Å². The van der Waals surface area contributed by atoms with Gasteiger partial charge in [-0.3, -0.25) is 0 Å². The van der Waals surface area contributed by atoms with E-state index in [2.05, 4.69) is 265 Å². The molecule has 15 aromatic rings. The minimum atomic E-state index is 0.0630. The summed E-state index contributed by atoms with van der Waals surface area (Å²) in [7, 11) is 0. The van der Waals surface area contributed by atoms with Gasteiger partial charge in [0.15, 0.2) is 0 Å². The molecule has 0 N–H and O–H groups in total. The Balaban J connectivity index is 0.961. The van der Waals surface area contributed by atoms with Crippen molar-refractivity contribution in [1.29, 1.82) is 0 Å². The third-order valence-corrected chi connectivity index (χ3v) is 17.7. The molecular formula is C70H43NSe. The summed E-state index contributed by atoms with van der Waals surface area (Å²) in [6.45, 7) is 0. The fourth-order valence-corrected chi connectivity index (χ4v) is 14.7. The second-order valence-corrected chi connectivity index (χ2v) is 21.3. The SMILES string of the molecule is c1ccc(-c2ccc3c(c2)c2cc(-c4ccccc4)ccc2n3-c2c3ccccc3c(-c3cccc4c3[se]c3cc(-c5c6ccccc6c(-c6ccccc6)c6ccccc56)ccc34)c3ccccc23)cc1. The van der Waals surface area contributed by atoms with Crippen molar-refractivity contribution in [3.8, 4) is 61.3 Å². The Morgan fingerprint density at radius 1 is 0.236 bits per heavy atom. The van der Waals surface area contributed by atoms with Gasteiger partial charge in [0, 0.05) is 0 Å². The van der Waals surface area contributed by atoms with Crippen LogP contribution in [0.5, 0.6) is 0 Å². The normalized spacial score (nSPS) is 11.9. The molecule has 334 valence electrons. The Morgan fingerprint density at radius 3 is 1.14 bits per heavy atom. The molecule has 0 fully saturated rings. The summed E-state index contributed by atoms with van der Waals surface area (Å²) in [5, 5.41) is 15.3. The molecule has 0 aliphatic carbocycles. The smallest absolute Gasteiger partial charge is 0.0544 e. The van der Waals surface area contributed by atoms with Crippen LogP contribution in [0.25, 0.3) is 146 Å². The molecule has 1 nitrogen and oxygen atoms in total. The van der Waals surface area contributed by atoms with E-state index in [-0.39, 0.29) is 14.5 Å². The standard InChI is InChI=1S/C70H43NSe/c1-4-19-44(20-5-1)47-36-39-63-61(41-47)62-42-48(45-21-6-2-7-22-45)37-40-64(62)71(63)69-57-31-16-14-29-55(57)68(56-30-15-17-32-58(56)69)60-34-18-33-59-50-38-35-49(43-65(50)72-70(59)60)67-53-27-12-10-25-51(53)66(46-23-8-3-9-24-46)52-26-11-13-28-54(52)67/h1-43H. The number of rotatable bonds is 6. The summed E-state index contributed by atoms with van der Waals surface area (Å²) in [6.07, 6.45) is 0. The molecule has 0 unspecified atom stereocenters. The minimum Gasteiger partial charge on any atom is -0.0617 e. The van der Waals surface area contributed by atoms with E-state index in [1.54, 1.807) is 0 Å². The van der Waals surface area contributed by atoms with E-state index in [9.17, 15) is 0 Å². The molecule has 15 rings (SSSR count). The first-order chi connectivity index (χ1) is 35.7. The molecule has 72 heavy (non-hydrogen) atoms. The van der Waals surface area contributed by atoms with Crippen molar-refractivity contribution in [2.45, 2.75) is 0 Å². The van der Waals surface area contributed by atoms with Gasteiger partial charge in [0.05, 0.1) is 0 Å². The molecule has 0 radical (unpaired) electrons. The summed E-state index contributed by atoms with van der Waals surface area (Å²) in [5.41, 5.74) is 16.2. The molecule has 13 aromatic carbocycles. The molecule has 0 atom stereocenters. The Labute approximate surface area is 422 Å². The summed E-state index contributed by atoms with van der Waals surface area (Å²) in [4.78, 5) is 0. The van der Waals surface area contributed by atoms with Gasteiger partial charge in [0.1, 0.15) is 0 Å². The Hall–Kier alpha value is -8.78. The second kappa shape index (κ2) is 16.4. The number of hydrogen-bond donors (Lipinski definition) is 0. The molecule has 0 bridgehead atoms. The van der Waals surface area contributed by atoms with Crippen LogP contribution in [0.4, 0.5) is 0 Å². The zero-order valence-electron chi connectivity index (χ0n) is 39.2. The maximum Gasteiger partial charge on any atom is -0.0544 e. The van der Waals surface area contributed by atoms with Crippen LogP contribution in [-0.4, -0.2) is 19.1 Å². The molecule has 0 aliphatic heterocycles. The number of aromatic nitrogens is 1. The van der Waals surface area contributed by atoms with Crippen LogP contribution in [0.2, 0.25) is 0 Å². The quantitative estimate of drug-likeness (QED) is 0.116. The van der Waals surface area contributed by atoms with E-state index in [0.717, 1.165) is 0 Å². The topological polar surface area (TPSA) is 4.93 Å². The molecular weight excluding hydrogens is 934 g/mol. The van der Waals surface area contributed by atoms with Crippen molar-refractivity contribution in [2.75, 3.05) is 0 Å². The average molecular weight is 977 g/mol. The van der Waals surface area contributed by atoms with Gasteiger partial charge in [-0.15, -0.1) is 0 Å². The predicted molar refractivity (Wildman–Crippen MR) is 310 cm³/mol. The molecule has 0 amide bonds. The fourth-order valence-electron chi connectivity index (χ4n) is 12.0. The van der Waals surface area contributed by atoms with Crippen molar-refractivity contribution in [1.82, 2.24) is 4.57 Å². The van der Waals surface area contributed by atoms with E-state index in [4.69, 9.17) is 0 Å². The fraction of sp³-hybridized carbons (Fsp3) is 0. The summed E-state index contributed by atoms with van der Waals surface area (Å²) in [6, 6.07) is 97.2. The van der Waals surface area contributed by atoms with Gasteiger partial charge in [0.25, 0.3) is 0 Å². The summed E-state index contributed by atoms with van der Waals surface area (Å²) < 4.78 is 5.44. The molecule has 2 heterocycles. The first kappa shape index (κ1) is 41.0. The van der Waals surface area contributed by atoms with Crippen LogP contribution in [0.1, 0.15) is 0 Å². The van der Waals surface area contributed by atoms with E-state index in [1.807, 2.05) is 0 Å². The largest absolute Gasteiger partial charge is 0.0617 e. The van der Waals surface area contributed by atoms with Crippen LogP contribution in [0.3, 0.4) is 0 Å². The van der Waals surface area contributed by atoms with Crippen LogP contribution < -0.4 is 0 Å². The predicted octanol–water partition coefficient (Wildman–Crippen LogP) is 19.1. The Bertz CT molecular complexity index is 4450. The second-order valence-electron chi connectivity index (χ2n) is 19.0. The maximum atomic E-state index is 2.55. The van der Waals surface area contributed by atoms with E-state index < -0.39 is 0 Å². The van der Waals surface area contributed by atoms with E-state index in [1.165, 1.54) is 146 Å². The minimum absolute atomic E-state index is 0.0630. The van der Waals surface area contributed by atoms with E-state index >= 15 is 0 Å². The number of hydrogen-bond acceptors (Lipinski definition) is 0. The van der Waals surface area contributed by atoms with E-state index in [0.29, 0.717) is 0 Å². The van der Waals surface area contributed by atoms with Gasteiger partial charge in [-0.05, 0) is 0 Å². The molecule has 0 saturated heterocycles.